The normalized spacial score (nSPS) is 20.8. The maximum absolute atomic E-state index is 5.68. The van der Waals surface area contributed by atoms with Gasteiger partial charge in [0.25, 0.3) is 0 Å². The van der Waals surface area contributed by atoms with Gasteiger partial charge in [-0.1, -0.05) is 19.8 Å². The van der Waals surface area contributed by atoms with Crippen LogP contribution in [0.15, 0.2) is 0 Å². The SMILES string of the molecule is CCCCOCCN(CC1CCCCN1)C(C)C. The van der Waals surface area contributed by atoms with Crippen molar-refractivity contribution in [2.45, 2.75) is 65.0 Å². The van der Waals surface area contributed by atoms with E-state index in [2.05, 4.69) is 31.0 Å². The molecule has 0 radical (unpaired) electrons. The molecule has 0 aromatic rings. The lowest BCUT2D eigenvalue weighted by molar-refractivity contribution is 0.0843. The standard InChI is InChI=1S/C15H32N2O/c1-4-5-11-18-12-10-17(14(2)3)13-15-8-6-7-9-16-15/h14-16H,4-13H2,1-3H3. The number of hydrogen-bond donors (Lipinski definition) is 1. The van der Waals surface area contributed by atoms with E-state index in [1.54, 1.807) is 0 Å². The van der Waals surface area contributed by atoms with Crippen molar-refractivity contribution in [3.05, 3.63) is 0 Å². The molecule has 1 N–H and O–H groups in total. The molecule has 0 aromatic heterocycles. The molecule has 1 atom stereocenters. The molecule has 1 aliphatic rings. The highest BCUT2D eigenvalue weighted by atomic mass is 16.5. The fraction of sp³-hybridized carbons (Fsp3) is 1.00. The lowest BCUT2D eigenvalue weighted by Gasteiger charge is -2.33. The van der Waals surface area contributed by atoms with Gasteiger partial charge in [-0.05, 0) is 39.7 Å². The number of nitrogens with one attached hydrogen (secondary N) is 1. The number of unbranched alkanes of at least 4 members (excludes halogenated alkanes) is 1. The third kappa shape index (κ3) is 6.72. The van der Waals surface area contributed by atoms with Crippen LogP contribution in [0.3, 0.4) is 0 Å². The molecule has 0 aliphatic carbocycles. The lowest BCUT2D eigenvalue weighted by atomic mass is 10.0. The Hall–Kier alpha value is -0.120. The molecule has 3 heteroatoms. The number of rotatable bonds is 9. The van der Waals surface area contributed by atoms with Crippen molar-refractivity contribution >= 4 is 0 Å². The van der Waals surface area contributed by atoms with E-state index in [-0.39, 0.29) is 0 Å². The molecule has 18 heavy (non-hydrogen) atoms. The molecule has 1 heterocycles. The van der Waals surface area contributed by atoms with E-state index >= 15 is 0 Å². The minimum absolute atomic E-state index is 0.614. The average molecular weight is 256 g/mol. The Morgan fingerprint density at radius 1 is 1.28 bits per heavy atom. The van der Waals surface area contributed by atoms with Crippen molar-refractivity contribution in [2.24, 2.45) is 0 Å². The van der Waals surface area contributed by atoms with E-state index in [4.69, 9.17) is 4.74 Å². The Kier molecular flexibility index (Phi) is 8.64. The summed E-state index contributed by atoms with van der Waals surface area (Å²) >= 11 is 0. The highest BCUT2D eigenvalue weighted by Gasteiger charge is 2.18. The largest absolute Gasteiger partial charge is 0.380 e. The van der Waals surface area contributed by atoms with Gasteiger partial charge in [0.1, 0.15) is 0 Å². The molecule has 0 spiro atoms. The van der Waals surface area contributed by atoms with Gasteiger partial charge >= 0.3 is 0 Å². The molecule has 1 fully saturated rings. The van der Waals surface area contributed by atoms with Crippen molar-refractivity contribution in [2.75, 3.05) is 32.8 Å². The van der Waals surface area contributed by atoms with Gasteiger partial charge < -0.3 is 10.1 Å². The Morgan fingerprint density at radius 3 is 2.72 bits per heavy atom. The summed E-state index contributed by atoms with van der Waals surface area (Å²) in [6, 6.07) is 1.31. The zero-order chi connectivity index (χ0) is 13.2. The predicted molar refractivity (Wildman–Crippen MR) is 78.1 cm³/mol. The molecule has 1 saturated heterocycles. The van der Waals surface area contributed by atoms with Gasteiger partial charge in [-0.3, -0.25) is 4.90 Å². The quantitative estimate of drug-likeness (QED) is 0.642. The summed E-state index contributed by atoms with van der Waals surface area (Å²) in [6.07, 6.45) is 6.47. The average Bonchev–Trinajstić information content (AvgIpc) is 2.38. The first-order valence-corrected chi connectivity index (χ1v) is 7.79. The van der Waals surface area contributed by atoms with Crippen LogP contribution >= 0.6 is 0 Å². The van der Waals surface area contributed by atoms with E-state index in [0.29, 0.717) is 12.1 Å². The van der Waals surface area contributed by atoms with Gasteiger partial charge in [-0.2, -0.15) is 0 Å². The van der Waals surface area contributed by atoms with Crippen molar-refractivity contribution in [1.82, 2.24) is 10.2 Å². The van der Waals surface area contributed by atoms with E-state index < -0.39 is 0 Å². The van der Waals surface area contributed by atoms with Crippen LogP contribution in [0.25, 0.3) is 0 Å². The molecule has 0 amide bonds. The fourth-order valence-corrected chi connectivity index (χ4v) is 2.45. The van der Waals surface area contributed by atoms with Crippen LogP contribution in [0.1, 0.15) is 52.9 Å². The van der Waals surface area contributed by atoms with Crippen LogP contribution in [-0.2, 0) is 4.74 Å². The van der Waals surface area contributed by atoms with Crippen molar-refractivity contribution < 1.29 is 4.74 Å². The summed E-state index contributed by atoms with van der Waals surface area (Å²) in [5, 5.41) is 3.63. The zero-order valence-corrected chi connectivity index (χ0v) is 12.6. The van der Waals surface area contributed by atoms with Gasteiger partial charge in [-0.25, -0.2) is 0 Å². The second-order valence-corrected chi connectivity index (χ2v) is 5.70. The van der Waals surface area contributed by atoms with Gasteiger partial charge in [0.2, 0.25) is 0 Å². The van der Waals surface area contributed by atoms with Crippen LogP contribution in [0.2, 0.25) is 0 Å². The monoisotopic (exact) mass is 256 g/mol. The van der Waals surface area contributed by atoms with E-state index in [1.165, 1.54) is 45.2 Å². The first kappa shape index (κ1) is 15.9. The van der Waals surface area contributed by atoms with Gasteiger partial charge in [0.05, 0.1) is 6.61 Å². The second-order valence-electron chi connectivity index (χ2n) is 5.70. The topological polar surface area (TPSA) is 24.5 Å². The summed E-state index contributed by atoms with van der Waals surface area (Å²) in [4.78, 5) is 2.55. The number of nitrogens with zero attached hydrogens (tertiary/aromatic N) is 1. The third-order valence-corrected chi connectivity index (χ3v) is 3.76. The highest BCUT2D eigenvalue weighted by molar-refractivity contribution is 4.77. The molecular formula is C15H32N2O. The zero-order valence-electron chi connectivity index (χ0n) is 12.6. The number of hydrogen-bond acceptors (Lipinski definition) is 3. The van der Waals surface area contributed by atoms with Gasteiger partial charge in [0.15, 0.2) is 0 Å². The Morgan fingerprint density at radius 2 is 2.11 bits per heavy atom. The van der Waals surface area contributed by atoms with Crippen LogP contribution in [0.5, 0.6) is 0 Å². The van der Waals surface area contributed by atoms with Crippen LogP contribution < -0.4 is 5.32 Å². The molecule has 0 aromatic carbocycles. The Bertz CT molecular complexity index is 191. The number of piperidine rings is 1. The number of ether oxygens (including phenoxy) is 1. The van der Waals surface area contributed by atoms with Crippen LogP contribution in [0.4, 0.5) is 0 Å². The fourth-order valence-electron chi connectivity index (χ4n) is 2.45. The molecule has 1 unspecified atom stereocenters. The van der Waals surface area contributed by atoms with Gasteiger partial charge in [0, 0.05) is 31.8 Å². The van der Waals surface area contributed by atoms with Crippen LogP contribution in [0, 0.1) is 0 Å². The predicted octanol–water partition coefficient (Wildman–Crippen LogP) is 2.66. The summed E-state index contributed by atoms with van der Waals surface area (Å²) < 4.78 is 5.68. The van der Waals surface area contributed by atoms with Gasteiger partial charge in [-0.15, -0.1) is 0 Å². The maximum atomic E-state index is 5.68. The molecule has 0 saturated carbocycles. The van der Waals surface area contributed by atoms with Crippen LogP contribution in [-0.4, -0.2) is 49.8 Å². The third-order valence-electron chi connectivity index (χ3n) is 3.76. The Labute approximate surface area is 113 Å². The smallest absolute Gasteiger partial charge is 0.0593 e. The summed E-state index contributed by atoms with van der Waals surface area (Å²) in [5.74, 6) is 0. The lowest BCUT2D eigenvalue weighted by Crippen LogP contribution is -2.46. The molecule has 3 nitrogen and oxygen atoms in total. The van der Waals surface area contributed by atoms with E-state index in [0.717, 1.165) is 19.8 Å². The summed E-state index contributed by atoms with van der Waals surface area (Å²) in [7, 11) is 0. The molecule has 1 aliphatic heterocycles. The van der Waals surface area contributed by atoms with Crippen molar-refractivity contribution in [1.29, 1.82) is 0 Å². The Balaban J connectivity index is 2.17. The maximum Gasteiger partial charge on any atom is 0.0593 e. The molecule has 1 rings (SSSR count). The minimum atomic E-state index is 0.614. The summed E-state index contributed by atoms with van der Waals surface area (Å²) in [6.45, 7) is 12.0. The molecule has 0 bridgehead atoms. The summed E-state index contributed by atoms with van der Waals surface area (Å²) in [5.41, 5.74) is 0. The van der Waals surface area contributed by atoms with Crippen molar-refractivity contribution in [3.8, 4) is 0 Å². The minimum Gasteiger partial charge on any atom is -0.380 e. The molecule has 108 valence electrons. The second kappa shape index (κ2) is 9.76. The first-order valence-electron chi connectivity index (χ1n) is 7.79. The van der Waals surface area contributed by atoms with E-state index in [9.17, 15) is 0 Å². The van der Waals surface area contributed by atoms with E-state index in [1.807, 2.05) is 0 Å². The molecular weight excluding hydrogens is 224 g/mol. The van der Waals surface area contributed by atoms with Crippen molar-refractivity contribution in [3.63, 3.8) is 0 Å². The first-order chi connectivity index (χ1) is 8.74. The highest BCUT2D eigenvalue weighted by Crippen LogP contribution is 2.10.